The molecule has 118 valence electrons. The van der Waals surface area contributed by atoms with Gasteiger partial charge in [-0.25, -0.2) is 0 Å². The number of carbonyl (C=O) groups is 1. The molecule has 0 radical (unpaired) electrons. The molecule has 1 aromatic carbocycles. The molecule has 1 aliphatic heterocycles. The molecule has 4 nitrogen and oxygen atoms in total. The number of carbonyl (C=O) groups excluding carboxylic acids is 1. The molecule has 2 atom stereocenters. The predicted octanol–water partition coefficient (Wildman–Crippen LogP) is 2.99. The third-order valence-corrected chi connectivity index (χ3v) is 4.64. The van der Waals surface area contributed by atoms with Gasteiger partial charge >= 0.3 is 0 Å². The number of hydrazone groups is 1. The highest BCUT2D eigenvalue weighted by Gasteiger charge is 2.35. The van der Waals surface area contributed by atoms with Crippen molar-refractivity contribution in [2.24, 2.45) is 11.0 Å². The molecule has 1 aliphatic carbocycles. The van der Waals surface area contributed by atoms with Gasteiger partial charge in [0.1, 0.15) is 5.71 Å². The van der Waals surface area contributed by atoms with E-state index in [9.17, 15) is 4.79 Å². The van der Waals surface area contributed by atoms with Crippen LogP contribution in [-0.4, -0.2) is 30.6 Å². The third-order valence-electron chi connectivity index (χ3n) is 4.64. The normalized spacial score (nSPS) is 26.8. The van der Waals surface area contributed by atoms with Gasteiger partial charge in [0.05, 0.1) is 5.69 Å². The number of Topliss-reactive ketones (excluding diaryl/α,β-unsaturated/α-hetero) is 1. The van der Waals surface area contributed by atoms with Crippen molar-refractivity contribution in [3.8, 4) is 0 Å². The Balaban J connectivity index is 1.80. The van der Waals surface area contributed by atoms with Crippen molar-refractivity contribution in [2.45, 2.75) is 45.1 Å². The number of fused-ring (bicyclic) bond motifs is 1. The lowest BCUT2D eigenvalue weighted by Crippen LogP contribution is -2.48. The van der Waals surface area contributed by atoms with E-state index in [1.165, 1.54) is 12.8 Å². The zero-order valence-electron chi connectivity index (χ0n) is 13.3. The number of rotatable bonds is 4. The number of ketones is 1. The van der Waals surface area contributed by atoms with Crippen LogP contribution in [0.15, 0.2) is 35.4 Å². The van der Waals surface area contributed by atoms with Gasteiger partial charge in [0.15, 0.2) is 5.78 Å². The quantitative estimate of drug-likeness (QED) is 0.869. The summed E-state index contributed by atoms with van der Waals surface area (Å²) in [4.78, 5) is 12.4. The van der Waals surface area contributed by atoms with Crippen LogP contribution in [0, 0.1) is 5.92 Å². The van der Waals surface area contributed by atoms with Crippen molar-refractivity contribution in [1.82, 2.24) is 5.32 Å². The summed E-state index contributed by atoms with van der Waals surface area (Å²) in [5, 5.41) is 10.2. The largest absolute Gasteiger partial charge is 0.313 e. The standard InChI is InChI=1S/C18H25N3O/c1-2-11-21(15-8-4-3-5-9-15)20-17-12-14-7-6-10-19-16(14)13-18(17)22/h3-5,8-9,14,16,19H,2,6-7,10-13H2,1H3/t14-,16-/m0/s1. The molecule has 2 fully saturated rings. The van der Waals surface area contributed by atoms with Crippen molar-refractivity contribution in [3.63, 3.8) is 0 Å². The third kappa shape index (κ3) is 3.38. The van der Waals surface area contributed by atoms with Gasteiger partial charge in [0, 0.05) is 19.0 Å². The maximum Gasteiger partial charge on any atom is 0.180 e. The van der Waals surface area contributed by atoms with E-state index in [2.05, 4.69) is 24.4 Å². The summed E-state index contributed by atoms with van der Waals surface area (Å²) < 4.78 is 0. The highest BCUT2D eigenvalue weighted by Crippen LogP contribution is 2.28. The number of hydrogen-bond acceptors (Lipinski definition) is 4. The molecule has 0 aromatic heterocycles. The van der Waals surface area contributed by atoms with Crippen molar-refractivity contribution in [2.75, 3.05) is 18.1 Å². The van der Waals surface area contributed by atoms with Crippen LogP contribution in [0.1, 0.15) is 39.0 Å². The SMILES string of the molecule is CCCN(N=C1C[C@@H]2CCCN[C@H]2CC1=O)c1ccccc1. The lowest BCUT2D eigenvalue weighted by molar-refractivity contribution is -0.114. The molecular formula is C18H25N3O. The first-order valence-electron chi connectivity index (χ1n) is 8.44. The number of para-hydroxylation sites is 1. The Hall–Kier alpha value is -1.68. The molecule has 1 aromatic rings. The fourth-order valence-electron chi connectivity index (χ4n) is 3.47. The van der Waals surface area contributed by atoms with Crippen LogP contribution >= 0.6 is 0 Å². The first-order chi connectivity index (χ1) is 10.8. The molecular weight excluding hydrogens is 274 g/mol. The topological polar surface area (TPSA) is 44.7 Å². The fourth-order valence-corrected chi connectivity index (χ4v) is 3.47. The van der Waals surface area contributed by atoms with Gasteiger partial charge in [-0.05, 0) is 50.3 Å². The number of nitrogens with zero attached hydrogens (tertiary/aromatic N) is 2. The molecule has 1 N–H and O–H groups in total. The van der Waals surface area contributed by atoms with E-state index in [0.717, 1.165) is 37.3 Å². The summed E-state index contributed by atoms with van der Waals surface area (Å²) in [5.41, 5.74) is 1.83. The fraction of sp³-hybridized carbons (Fsp3) is 0.556. The van der Waals surface area contributed by atoms with E-state index in [0.29, 0.717) is 18.4 Å². The molecule has 2 aliphatic rings. The summed E-state index contributed by atoms with van der Waals surface area (Å²) in [5.74, 6) is 0.789. The summed E-state index contributed by atoms with van der Waals surface area (Å²) in [6.45, 7) is 4.03. The average Bonchev–Trinajstić information content (AvgIpc) is 2.56. The van der Waals surface area contributed by atoms with E-state index >= 15 is 0 Å². The first-order valence-corrected chi connectivity index (χ1v) is 8.44. The van der Waals surface area contributed by atoms with Crippen LogP contribution in [0.4, 0.5) is 5.69 Å². The molecule has 22 heavy (non-hydrogen) atoms. The Kier molecular flexibility index (Phi) is 4.88. The lowest BCUT2D eigenvalue weighted by Gasteiger charge is -2.36. The van der Waals surface area contributed by atoms with Crippen molar-refractivity contribution in [1.29, 1.82) is 0 Å². The number of anilines is 1. The number of benzene rings is 1. The Morgan fingerprint density at radius 2 is 2.09 bits per heavy atom. The van der Waals surface area contributed by atoms with Crippen molar-refractivity contribution < 1.29 is 4.79 Å². The second kappa shape index (κ2) is 7.05. The molecule has 4 heteroatoms. The number of nitrogens with one attached hydrogen (secondary N) is 1. The molecule has 0 amide bonds. The van der Waals surface area contributed by atoms with Crippen LogP contribution in [0.5, 0.6) is 0 Å². The second-order valence-electron chi connectivity index (χ2n) is 6.30. The maximum atomic E-state index is 12.4. The summed E-state index contributed by atoms with van der Waals surface area (Å²) in [7, 11) is 0. The van der Waals surface area contributed by atoms with Crippen LogP contribution in [0.25, 0.3) is 0 Å². The molecule has 1 saturated carbocycles. The minimum atomic E-state index is 0.215. The van der Waals surface area contributed by atoms with E-state index in [1.54, 1.807) is 0 Å². The number of hydrogen-bond donors (Lipinski definition) is 1. The lowest BCUT2D eigenvalue weighted by atomic mass is 9.78. The van der Waals surface area contributed by atoms with Crippen LogP contribution in [0.2, 0.25) is 0 Å². The molecule has 0 spiro atoms. The van der Waals surface area contributed by atoms with Crippen LogP contribution in [-0.2, 0) is 4.79 Å². The summed E-state index contributed by atoms with van der Waals surface area (Å²) in [6, 6.07) is 10.5. The van der Waals surface area contributed by atoms with Gasteiger partial charge in [-0.15, -0.1) is 0 Å². The van der Waals surface area contributed by atoms with Gasteiger partial charge in [0.2, 0.25) is 0 Å². The minimum absolute atomic E-state index is 0.215. The Morgan fingerprint density at radius 1 is 1.27 bits per heavy atom. The second-order valence-corrected chi connectivity index (χ2v) is 6.30. The highest BCUT2D eigenvalue weighted by atomic mass is 16.1. The monoisotopic (exact) mass is 299 g/mol. The first kappa shape index (κ1) is 15.2. The van der Waals surface area contributed by atoms with Gasteiger partial charge in [0.25, 0.3) is 0 Å². The van der Waals surface area contributed by atoms with Crippen molar-refractivity contribution in [3.05, 3.63) is 30.3 Å². The molecule has 1 heterocycles. The number of piperidine rings is 1. The van der Waals surface area contributed by atoms with E-state index in [-0.39, 0.29) is 5.78 Å². The van der Waals surface area contributed by atoms with Gasteiger partial charge in [-0.2, -0.15) is 5.10 Å². The zero-order chi connectivity index (χ0) is 15.4. The molecule has 0 unspecified atom stereocenters. The zero-order valence-corrected chi connectivity index (χ0v) is 13.3. The van der Waals surface area contributed by atoms with Crippen LogP contribution < -0.4 is 10.3 Å². The van der Waals surface area contributed by atoms with Gasteiger partial charge < -0.3 is 5.32 Å². The maximum absolute atomic E-state index is 12.4. The van der Waals surface area contributed by atoms with Crippen LogP contribution in [0.3, 0.4) is 0 Å². The smallest absolute Gasteiger partial charge is 0.180 e. The Bertz CT molecular complexity index is 541. The van der Waals surface area contributed by atoms with Gasteiger partial charge in [-0.1, -0.05) is 25.1 Å². The van der Waals surface area contributed by atoms with E-state index in [1.807, 2.05) is 23.2 Å². The summed E-state index contributed by atoms with van der Waals surface area (Å²) in [6.07, 6.45) is 4.86. The Labute approximate surface area is 132 Å². The van der Waals surface area contributed by atoms with E-state index < -0.39 is 0 Å². The van der Waals surface area contributed by atoms with Crippen molar-refractivity contribution >= 4 is 17.2 Å². The average molecular weight is 299 g/mol. The molecule has 3 rings (SSSR count). The van der Waals surface area contributed by atoms with Gasteiger partial charge in [-0.3, -0.25) is 9.80 Å². The predicted molar refractivity (Wildman–Crippen MR) is 90.3 cm³/mol. The molecule has 0 bridgehead atoms. The minimum Gasteiger partial charge on any atom is -0.313 e. The summed E-state index contributed by atoms with van der Waals surface area (Å²) >= 11 is 0. The molecule has 1 saturated heterocycles. The highest BCUT2D eigenvalue weighted by molar-refractivity contribution is 6.40. The van der Waals surface area contributed by atoms with E-state index in [4.69, 9.17) is 5.10 Å². The Morgan fingerprint density at radius 3 is 2.86 bits per heavy atom.